The highest BCUT2D eigenvalue weighted by molar-refractivity contribution is 5.93. The Bertz CT molecular complexity index is 699. The summed E-state index contributed by atoms with van der Waals surface area (Å²) in [5, 5.41) is 16.5. The van der Waals surface area contributed by atoms with Gasteiger partial charge in [-0.3, -0.25) is 14.3 Å². The molecule has 2 atom stereocenters. The normalized spacial score (nSPS) is 33.9. The zero-order chi connectivity index (χ0) is 18.3. The van der Waals surface area contributed by atoms with Crippen molar-refractivity contribution in [1.82, 2.24) is 20.0 Å². The zero-order valence-corrected chi connectivity index (χ0v) is 15.1. The Balaban J connectivity index is 1.34. The molecule has 1 aromatic rings. The van der Waals surface area contributed by atoms with Gasteiger partial charge in [-0.25, -0.2) is 0 Å². The summed E-state index contributed by atoms with van der Waals surface area (Å²) in [7, 11) is 1.78. The van der Waals surface area contributed by atoms with Crippen LogP contribution in [0.5, 0.6) is 0 Å². The first-order valence-corrected chi connectivity index (χ1v) is 9.34. The van der Waals surface area contributed by atoms with Crippen LogP contribution in [-0.2, 0) is 16.6 Å². The molecule has 0 unspecified atom stereocenters. The number of hydrogen-bond donors (Lipinski definition) is 2. The summed E-state index contributed by atoms with van der Waals surface area (Å²) in [6, 6.07) is 0.0389. The summed E-state index contributed by atoms with van der Waals surface area (Å²) in [6.07, 6.45) is 6.39. The van der Waals surface area contributed by atoms with Gasteiger partial charge in [0.25, 0.3) is 5.91 Å². The van der Waals surface area contributed by atoms with Crippen molar-refractivity contribution in [3.63, 3.8) is 0 Å². The number of aliphatic hydroxyl groups is 1. The van der Waals surface area contributed by atoms with E-state index >= 15 is 0 Å². The second kappa shape index (κ2) is 6.66. The number of aliphatic hydroxyl groups excluding tert-OH is 1. The van der Waals surface area contributed by atoms with Crippen molar-refractivity contribution >= 4 is 11.8 Å². The third kappa shape index (κ3) is 3.35. The van der Waals surface area contributed by atoms with Crippen LogP contribution < -0.4 is 5.32 Å². The molecule has 1 aromatic heterocycles. The molecule has 3 heterocycles. The van der Waals surface area contributed by atoms with E-state index < -0.39 is 0 Å². The fourth-order valence-corrected chi connectivity index (χ4v) is 4.32. The average molecular weight is 362 g/mol. The molecular formula is C18H26N4O4. The van der Waals surface area contributed by atoms with E-state index in [1.165, 1.54) is 0 Å². The van der Waals surface area contributed by atoms with E-state index in [0.29, 0.717) is 38.1 Å². The molecule has 26 heavy (non-hydrogen) atoms. The number of nitrogens with zero attached hydrogens (tertiary/aromatic N) is 3. The predicted octanol–water partition coefficient (Wildman–Crippen LogP) is 0.0709. The Morgan fingerprint density at radius 3 is 2.92 bits per heavy atom. The number of likely N-dealkylation sites (tertiary alicyclic amines) is 1. The van der Waals surface area contributed by atoms with E-state index in [4.69, 9.17) is 4.74 Å². The van der Waals surface area contributed by atoms with E-state index in [-0.39, 0.29) is 35.5 Å². The summed E-state index contributed by atoms with van der Waals surface area (Å²) in [6.45, 7) is 1.86. The number of hydrogen-bond acceptors (Lipinski definition) is 5. The maximum atomic E-state index is 12.5. The fourth-order valence-electron chi connectivity index (χ4n) is 4.32. The lowest BCUT2D eigenvalue weighted by Crippen LogP contribution is -2.51. The predicted molar refractivity (Wildman–Crippen MR) is 92.3 cm³/mol. The number of carbonyl (C=O) groups is 2. The minimum absolute atomic E-state index is 0.0372. The van der Waals surface area contributed by atoms with Crippen molar-refractivity contribution in [3.05, 3.63) is 18.0 Å². The van der Waals surface area contributed by atoms with Crippen molar-refractivity contribution in [2.45, 2.75) is 49.9 Å². The highest BCUT2D eigenvalue weighted by Crippen LogP contribution is 2.37. The molecule has 2 N–H and O–H groups in total. The van der Waals surface area contributed by atoms with Gasteiger partial charge >= 0.3 is 0 Å². The first kappa shape index (κ1) is 17.5. The maximum Gasteiger partial charge on any atom is 0.254 e. The van der Waals surface area contributed by atoms with Gasteiger partial charge in [0.05, 0.1) is 23.5 Å². The largest absolute Gasteiger partial charge is 0.393 e. The molecule has 142 valence electrons. The van der Waals surface area contributed by atoms with Gasteiger partial charge in [0.1, 0.15) is 0 Å². The van der Waals surface area contributed by atoms with Crippen molar-refractivity contribution in [2.24, 2.45) is 13.0 Å². The molecule has 8 nitrogen and oxygen atoms in total. The summed E-state index contributed by atoms with van der Waals surface area (Å²) < 4.78 is 7.68. The van der Waals surface area contributed by atoms with Crippen LogP contribution in [0.3, 0.4) is 0 Å². The van der Waals surface area contributed by atoms with Crippen LogP contribution in [0.2, 0.25) is 0 Å². The summed E-state index contributed by atoms with van der Waals surface area (Å²) in [5.41, 5.74) is 0.197. The first-order valence-electron chi connectivity index (χ1n) is 9.34. The van der Waals surface area contributed by atoms with Crippen LogP contribution in [0.15, 0.2) is 12.4 Å². The molecule has 1 spiro atoms. The van der Waals surface area contributed by atoms with Crippen LogP contribution in [0.4, 0.5) is 0 Å². The Hall–Kier alpha value is -1.93. The van der Waals surface area contributed by atoms with E-state index in [2.05, 4.69) is 10.4 Å². The quantitative estimate of drug-likeness (QED) is 0.793. The number of amides is 2. The van der Waals surface area contributed by atoms with Crippen molar-refractivity contribution in [3.8, 4) is 0 Å². The number of rotatable bonds is 3. The molecule has 0 radical (unpaired) electrons. The van der Waals surface area contributed by atoms with E-state index in [1.807, 2.05) is 4.90 Å². The maximum absolute atomic E-state index is 12.5. The molecule has 3 fully saturated rings. The average Bonchev–Trinajstić information content (AvgIpc) is 3.18. The Labute approximate surface area is 152 Å². The van der Waals surface area contributed by atoms with Crippen LogP contribution >= 0.6 is 0 Å². The van der Waals surface area contributed by atoms with Crippen molar-refractivity contribution in [2.75, 3.05) is 19.7 Å². The SMILES string of the molecule is Cn1cc(C(=O)N[C@@H]2CCO[C@]3(CCN(C(=O)C4CC(O)C4)C3)C2)cn1. The minimum Gasteiger partial charge on any atom is -0.393 e. The van der Waals surface area contributed by atoms with E-state index in [0.717, 1.165) is 19.3 Å². The Morgan fingerprint density at radius 2 is 2.23 bits per heavy atom. The number of ether oxygens (including phenoxy) is 1. The minimum atomic E-state index is -0.358. The van der Waals surface area contributed by atoms with E-state index in [1.54, 1.807) is 24.1 Å². The molecule has 1 saturated carbocycles. The fraction of sp³-hybridized carbons (Fsp3) is 0.722. The third-order valence-electron chi connectivity index (χ3n) is 5.89. The smallest absolute Gasteiger partial charge is 0.254 e. The molecule has 2 aliphatic heterocycles. The highest BCUT2D eigenvalue weighted by atomic mass is 16.5. The van der Waals surface area contributed by atoms with Gasteiger partial charge in [0.15, 0.2) is 0 Å². The van der Waals surface area contributed by atoms with Gasteiger partial charge in [0.2, 0.25) is 5.91 Å². The van der Waals surface area contributed by atoms with Crippen LogP contribution in [0, 0.1) is 5.92 Å². The lowest BCUT2D eigenvalue weighted by Gasteiger charge is -2.39. The molecule has 2 amide bonds. The topological polar surface area (TPSA) is 96.7 Å². The molecule has 2 saturated heterocycles. The first-order chi connectivity index (χ1) is 12.4. The van der Waals surface area contributed by atoms with Crippen molar-refractivity contribution < 1.29 is 19.4 Å². The van der Waals surface area contributed by atoms with Gasteiger partial charge in [-0.1, -0.05) is 0 Å². The second-order valence-corrected chi connectivity index (χ2v) is 7.93. The van der Waals surface area contributed by atoms with Crippen LogP contribution in [0.1, 0.15) is 42.5 Å². The number of carbonyl (C=O) groups excluding carboxylic acids is 2. The van der Waals surface area contributed by atoms with Crippen LogP contribution in [-0.4, -0.2) is 69.0 Å². The molecule has 0 aromatic carbocycles. The monoisotopic (exact) mass is 362 g/mol. The second-order valence-electron chi connectivity index (χ2n) is 7.93. The summed E-state index contributed by atoms with van der Waals surface area (Å²) >= 11 is 0. The molecule has 0 bridgehead atoms. The summed E-state index contributed by atoms with van der Waals surface area (Å²) in [5.74, 6) is -0.0170. The Morgan fingerprint density at radius 1 is 1.42 bits per heavy atom. The van der Waals surface area contributed by atoms with E-state index in [9.17, 15) is 14.7 Å². The van der Waals surface area contributed by atoms with Crippen molar-refractivity contribution in [1.29, 1.82) is 0 Å². The standard InChI is InChI=1S/C18H26N4O4/c1-21-10-13(9-19-21)16(24)20-14-2-5-26-18(8-14)3-4-22(11-18)17(25)12-6-15(23)7-12/h9-10,12,14-15,23H,2-8,11H2,1H3,(H,20,24)/t12?,14-,15?,18-/m1/s1. The highest BCUT2D eigenvalue weighted by Gasteiger charge is 2.47. The number of aromatic nitrogens is 2. The number of aryl methyl sites for hydroxylation is 1. The molecule has 8 heteroatoms. The van der Waals surface area contributed by atoms with Gasteiger partial charge in [-0.15, -0.1) is 0 Å². The lowest BCUT2D eigenvalue weighted by atomic mass is 9.81. The van der Waals surface area contributed by atoms with Crippen LogP contribution in [0.25, 0.3) is 0 Å². The Kier molecular flexibility index (Phi) is 4.48. The molecular weight excluding hydrogens is 336 g/mol. The third-order valence-corrected chi connectivity index (χ3v) is 5.89. The molecule has 1 aliphatic carbocycles. The molecule has 3 aliphatic rings. The zero-order valence-electron chi connectivity index (χ0n) is 15.1. The van der Waals surface area contributed by atoms with Gasteiger partial charge in [-0.05, 0) is 32.1 Å². The summed E-state index contributed by atoms with van der Waals surface area (Å²) in [4.78, 5) is 26.8. The van der Waals surface area contributed by atoms with Gasteiger partial charge < -0.3 is 20.1 Å². The van der Waals surface area contributed by atoms with Gasteiger partial charge in [0, 0.05) is 44.9 Å². The van der Waals surface area contributed by atoms with Gasteiger partial charge in [-0.2, -0.15) is 5.10 Å². The lowest BCUT2D eigenvalue weighted by molar-refractivity contribution is -0.143. The number of nitrogens with one attached hydrogen (secondary N) is 1. The molecule has 4 rings (SSSR count).